The molecule has 0 unspecified atom stereocenters. The predicted molar refractivity (Wildman–Crippen MR) is 105 cm³/mol. The summed E-state index contributed by atoms with van der Waals surface area (Å²) in [6.45, 7) is 0. The first kappa shape index (κ1) is 16.1. The molecule has 0 spiro atoms. The molecule has 1 aliphatic carbocycles. The van der Waals surface area contributed by atoms with E-state index in [1.54, 1.807) is 6.07 Å². The van der Waals surface area contributed by atoms with Gasteiger partial charge in [0, 0.05) is 20.6 Å². The van der Waals surface area contributed by atoms with Crippen LogP contribution >= 0.6 is 46.4 Å². The highest BCUT2D eigenvalue weighted by atomic mass is 35.5. The standard InChI is InChI=1S/C20H10Cl4/c21-12-5-6-14-16(8-12)15(7-11-3-1-2-4-18(11)23)17-9-13(22)10-19(24)20(14)17/h1-10H/b15-7+. The van der Waals surface area contributed by atoms with E-state index in [-0.39, 0.29) is 0 Å². The molecule has 0 saturated carbocycles. The van der Waals surface area contributed by atoms with Crippen LogP contribution in [-0.2, 0) is 0 Å². The smallest absolute Gasteiger partial charge is 0.0505 e. The fourth-order valence-electron chi connectivity index (χ4n) is 3.07. The van der Waals surface area contributed by atoms with Crippen LogP contribution < -0.4 is 0 Å². The van der Waals surface area contributed by atoms with Gasteiger partial charge in [0.2, 0.25) is 0 Å². The molecule has 24 heavy (non-hydrogen) atoms. The van der Waals surface area contributed by atoms with Gasteiger partial charge in [0.1, 0.15) is 0 Å². The van der Waals surface area contributed by atoms with Gasteiger partial charge in [-0.05, 0) is 64.2 Å². The van der Waals surface area contributed by atoms with E-state index < -0.39 is 0 Å². The third-order valence-electron chi connectivity index (χ3n) is 4.09. The van der Waals surface area contributed by atoms with Crippen LogP contribution in [0.3, 0.4) is 0 Å². The molecule has 4 heteroatoms. The number of fused-ring (bicyclic) bond motifs is 3. The molecule has 0 aromatic heterocycles. The van der Waals surface area contributed by atoms with E-state index in [2.05, 4.69) is 6.08 Å². The van der Waals surface area contributed by atoms with E-state index in [1.807, 2.05) is 48.5 Å². The molecular weight excluding hydrogens is 382 g/mol. The van der Waals surface area contributed by atoms with Crippen molar-refractivity contribution >= 4 is 58.1 Å². The Labute approximate surface area is 160 Å². The van der Waals surface area contributed by atoms with E-state index in [4.69, 9.17) is 46.4 Å². The van der Waals surface area contributed by atoms with Crippen LogP contribution in [0.25, 0.3) is 22.8 Å². The van der Waals surface area contributed by atoms with Gasteiger partial charge in [0.15, 0.2) is 0 Å². The second-order valence-corrected chi connectivity index (χ2v) is 7.27. The summed E-state index contributed by atoms with van der Waals surface area (Å²) in [5.74, 6) is 0. The Morgan fingerprint density at radius 3 is 2.17 bits per heavy atom. The van der Waals surface area contributed by atoms with Crippen molar-refractivity contribution < 1.29 is 0 Å². The Morgan fingerprint density at radius 2 is 1.38 bits per heavy atom. The van der Waals surface area contributed by atoms with E-state index in [0.29, 0.717) is 20.1 Å². The van der Waals surface area contributed by atoms with Crippen LogP contribution in [-0.4, -0.2) is 0 Å². The van der Waals surface area contributed by atoms with Gasteiger partial charge in [-0.25, -0.2) is 0 Å². The molecule has 0 fully saturated rings. The first-order valence-corrected chi connectivity index (χ1v) is 8.82. The summed E-state index contributed by atoms with van der Waals surface area (Å²) in [6, 6.07) is 17.2. The van der Waals surface area contributed by atoms with Crippen molar-refractivity contribution in [2.45, 2.75) is 0 Å². The van der Waals surface area contributed by atoms with Crippen LogP contribution in [0.4, 0.5) is 0 Å². The number of halogens is 4. The number of benzene rings is 3. The van der Waals surface area contributed by atoms with Crippen LogP contribution in [0.15, 0.2) is 54.6 Å². The largest absolute Gasteiger partial charge is 0.0843 e. The highest BCUT2D eigenvalue weighted by Gasteiger charge is 2.26. The third-order valence-corrected chi connectivity index (χ3v) is 5.19. The number of hydrogen-bond acceptors (Lipinski definition) is 0. The highest BCUT2D eigenvalue weighted by Crippen LogP contribution is 2.50. The zero-order valence-corrected chi connectivity index (χ0v) is 15.3. The number of hydrogen-bond donors (Lipinski definition) is 0. The molecule has 0 saturated heterocycles. The topological polar surface area (TPSA) is 0 Å². The molecule has 3 aromatic carbocycles. The molecule has 0 amide bonds. The molecule has 0 aliphatic heterocycles. The average Bonchev–Trinajstić information content (AvgIpc) is 2.83. The van der Waals surface area contributed by atoms with Gasteiger partial charge in [-0.2, -0.15) is 0 Å². The van der Waals surface area contributed by atoms with Crippen LogP contribution in [0.1, 0.15) is 16.7 Å². The monoisotopic (exact) mass is 390 g/mol. The minimum atomic E-state index is 0.600. The minimum Gasteiger partial charge on any atom is -0.0843 e. The molecule has 0 bridgehead atoms. The van der Waals surface area contributed by atoms with E-state index in [1.165, 1.54) is 0 Å². The summed E-state index contributed by atoms with van der Waals surface area (Å²) >= 11 is 25.3. The van der Waals surface area contributed by atoms with Crippen molar-refractivity contribution in [3.05, 3.63) is 91.4 Å². The summed E-state index contributed by atoms with van der Waals surface area (Å²) in [4.78, 5) is 0. The molecule has 1 aliphatic rings. The number of rotatable bonds is 1. The van der Waals surface area contributed by atoms with Gasteiger partial charge in [0.05, 0.1) is 5.02 Å². The molecule has 0 radical (unpaired) electrons. The lowest BCUT2D eigenvalue weighted by atomic mass is 10.0. The zero-order valence-electron chi connectivity index (χ0n) is 12.3. The summed E-state index contributed by atoms with van der Waals surface area (Å²) in [5.41, 5.74) is 6.00. The fraction of sp³-hybridized carbons (Fsp3) is 0. The highest BCUT2D eigenvalue weighted by molar-refractivity contribution is 6.38. The lowest BCUT2D eigenvalue weighted by Gasteiger charge is -2.06. The first-order valence-electron chi connectivity index (χ1n) is 7.30. The lowest BCUT2D eigenvalue weighted by Crippen LogP contribution is -1.84. The van der Waals surface area contributed by atoms with Gasteiger partial charge in [-0.1, -0.05) is 70.7 Å². The molecule has 4 rings (SSSR count). The Bertz CT molecular complexity index is 1000. The van der Waals surface area contributed by atoms with Crippen LogP contribution in [0, 0.1) is 0 Å². The third kappa shape index (κ3) is 2.64. The molecule has 3 aromatic rings. The summed E-state index contributed by atoms with van der Waals surface area (Å²) in [6.07, 6.45) is 2.05. The molecular formula is C20H10Cl4. The molecule has 0 N–H and O–H groups in total. The van der Waals surface area contributed by atoms with Crippen molar-refractivity contribution in [1.29, 1.82) is 0 Å². The normalized spacial score (nSPS) is 13.9. The predicted octanol–water partition coefficient (Wildman–Crippen LogP) is 7.87. The Hall–Kier alpha value is -1.44. The van der Waals surface area contributed by atoms with Gasteiger partial charge >= 0.3 is 0 Å². The van der Waals surface area contributed by atoms with Gasteiger partial charge in [-0.3, -0.25) is 0 Å². The zero-order chi connectivity index (χ0) is 16.8. The molecule has 0 nitrogen and oxygen atoms in total. The van der Waals surface area contributed by atoms with Gasteiger partial charge < -0.3 is 0 Å². The summed E-state index contributed by atoms with van der Waals surface area (Å²) in [5, 5.41) is 2.59. The molecule has 118 valence electrons. The van der Waals surface area contributed by atoms with Crippen molar-refractivity contribution in [3.63, 3.8) is 0 Å². The van der Waals surface area contributed by atoms with Crippen molar-refractivity contribution in [1.82, 2.24) is 0 Å². The Morgan fingerprint density at radius 1 is 0.625 bits per heavy atom. The maximum Gasteiger partial charge on any atom is 0.0505 e. The maximum atomic E-state index is 6.47. The Kier molecular flexibility index (Phi) is 4.10. The van der Waals surface area contributed by atoms with E-state index in [9.17, 15) is 0 Å². The van der Waals surface area contributed by atoms with Gasteiger partial charge in [0.25, 0.3) is 0 Å². The van der Waals surface area contributed by atoms with Crippen molar-refractivity contribution in [2.75, 3.05) is 0 Å². The summed E-state index contributed by atoms with van der Waals surface area (Å²) < 4.78 is 0. The summed E-state index contributed by atoms with van der Waals surface area (Å²) in [7, 11) is 0. The van der Waals surface area contributed by atoms with Crippen molar-refractivity contribution in [3.8, 4) is 11.1 Å². The molecule has 0 heterocycles. The SMILES string of the molecule is Clc1ccc2c(c1)/C(=C\c1ccccc1Cl)c1cc(Cl)cc(Cl)c1-2. The Balaban J connectivity index is 2.05. The average molecular weight is 392 g/mol. The van der Waals surface area contributed by atoms with E-state index >= 15 is 0 Å². The van der Waals surface area contributed by atoms with Gasteiger partial charge in [-0.15, -0.1) is 0 Å². The van der Waals surface area contributed by atoms with E-state index in [0.717, 1.165) is 33.4 Å². The maximum absolute atomic E-state index is 6.47. The fourth-order valence-corrected chi connectivity index (χ4v) is 4.02. The first-order chi connectivity index (χ1) is 11.5. The van der Waals surface area contributed by atoms with Crippen LogP contribution in [0.2, 0.25) is 20.1 Å². The second-order valence-electron chi connectivity index (χ2n) is 5.58. The quantitative estimate of drug-likeness (QED) is 0.309. The minimum absolute atomic E-state index is 0.600. The lowest BCUT2D eigenvalue weighted by molar-refractivity contribution is 1.63. The second kappa shape index (κ2) is 6.13. The molecule has 0 atom stereocenters. The van der Waals surface area contributed by atoms with Crippen molar-refractivity contribution in [2.24, 2.45) is 0 Å². The van der Waals surface area contributed by atoms with Crippen LogP contribution in [0.5, 0.6) is 0 Å².